The lowest BCUT2D eigenvalue weighted by Gasteiger charge is -2.24. The van der Waals surface area contributed by atoms with E-state index in [2.05, 4.69) is 56.1 Å². The quantitative estimate of drug-likeness (QED) is 0.663. The smallest absolute Gasteiger partial charge is 0.261 e. The maximum atomic E-state index is 5.39. The van der Waals surface area contributed by atoms with Gasteiger partial charge in [0.15, 0.2) is 5.82 Å². The van der Waals surface area contributed by atoms with Crippen molar-refractivity contribution in [3.8, 4) is 11.5 Å². The number of hydrogen-bond donors (Lipinski definition) is 0. The van der Waals surface area contributed by atoms with Crippen LogP contribution in [0, 0.1) is 13.8 Å². The Morgan fingerprint density at radius 2 is 1.93 bits per heavy atom. The Morgan fingerprint density at radius 1 is 1.04 bits per heavy atom. The number of hydrogen-bond acceptors (Lipinski definition) is 6. The molecule has 0 spiro atoms. The lowest BCUT2D eigenvalue weighted by Crippen LogP contribution is -2.31. The standard InChI is InChI=1S/C21H25N5O.ClH/c1-16-6-3-7-18(14-16)15-25-10-5-11-26(13-12-25)20-19(8-4-9-22-20)21-23-17(2)24-27-21;/h3-4,6-9,14H,5,10-13,15H2,1-2H3;1H. The number of aromatic nitrogens is 3. The van der Waals surface area contributed by atoms with Gasteiger partial charge in [0.05, 0.1) is 5.56 Å². The minimum Gasteiger partial charge on any atom is -0.355 e. The molecule has 2 aromatic heterocycles. The molecule has 0 atom stereocenters. The summed E-state index contributed by atoms with van der Waals surface area (Å²) in [4.78, 5) is 13.9. The molecular formula is C21H26ClN5O. The van der Waals surface area contributed by atoms with Crippen molar-refractivity contribution in [2.45, 2.75) is 26.8 Å². The highest BCUT2D eigenvalue weighted by atomic mass is 35.5. The van der Waals surface area contributed by atoms with Crippen molar-refractivity contribution in [1.29, 1.82) is 0 Å². The van der Waals surface area contributed by atoms with Crippen LogP contribution in [0.25, 0.3) is 11.5 Å². The Labute approximate surface area is 172 Å². The molecule has 0 aliphatic carbocycles. The van der Waals surface area contributed by atoms with Crippen LogP contribution < -0.4 is 4.90 Å². The van der Waals surface area contributed by atoms with Gasteiger partial charge < -0.3 is 9.42 Å². The summed E-state index contributed by atoms with van der Waals surface area (Å²) < 4.78 is 5.39. The van der Waals surface area contributed by atoms with E-state index in [0.717, 1.165) is 50.5 Å². The minimum absolute atomic E-state index is 0. The summed E-state index contributed by atoms with van der Waals surface area (Å²) in [5.41, 5.74) is 3.60. The van der Waals surface area contributed by atoms with Gasteiger partial charge in [0.2, 0.25) is 0 Å². The molecule has 7 heteroatoms. The lowest BCUT2D eigenvalue weighted by molar-refractivity contribution is 0.285. The van der Waals surface area contributed by atoms with Crippen LogP contribution in [0.3, 0.4) is 0 Å². The average molecular weight is 400 g/mol. The molecule has 0 unspecified atom stereocenters. The number of benzene rings is 1. The molecule has 1 fully saturated rings. The third kappa shape index (κ3) is 4.69. The van der Waals surface area contributed by atoms with Crippen molar-refractivity contribution in [2.75, 3.05) is 31.1 Å². The molecule has 0 saturated carbocycles. The first-order valence-corrected chi connectivity index (χ1v) is 9.47. The summed E-state index contributed by atoms with van der Waals surface area (Å²) in [5, 5.41) is 3.92. The van der Waals surface area contributed by atoms with E-state index >= 15 is 0 Å². The van der Waals surface area contributed by atoms with Crippen LogP contribution in [-0.2, 0) is 6.54 Å². The molecular weight excluding hydrogens is 374 g/mol. The van der Waals surface area contributed by atoms with Crippen LogP contribution in [0.1, 0.15) is 23.4 Å². The van der Waals surface area contributed by atoms with Crippen LogP contribution in [0.5, 0.6) is 0 Å². The van der Waals surface area contributed by atoms with Crippen LogP contribution in [0.15, 0.2) is 47.1 Å². The summed E-state index contributed by atoms with van der Waals surface area (Å²) >= 11 is 0. The Balaban J connectivity index is 0.00000225. The van der Waals surface area contributed by atoms with Gasteiger partial charge in [0, 0.05) is 38.9 Å². The third-order valence-corrected chi connectivity index (χ3v) is 4.92. The molecule has 4 rings (SSSR count). The zero-order valence-electron chi connectivity index (χ0n) is 16.3. The first kappa shape index (κ1) is 20.3. The predicted molar refractivity (Wildman–Crippen MR) is 113 cm³/mol. The number of anilines is 1. The minimum atomic E-state index is 0. The normalized spacial score (nSPS) is 15.1. The Kier molecular flexibility index (Phi) is 6.65. The summed E-state index contributed by atoms with van der Waals surface area (Å²) in [6.07, 6.45) is 2.93. The molecule has 3 heterocycles. The predicted octanol–water partition coefficient (Wildman–Crippen LogP) is 3.88. The van der Waals surface area contributed by atoms with E-state index in [1.54, 1.807) is 0 Å². The zero-order chi connectivity index (χ0) is 18.6. The monoisotopic (exact) mass is 399 g/mol. The molecule has 3 aromatic rings. The molecule has 0 N–H and O–H groups in total. The fraction of sp³-hybridized carbons (Fsp3) is 0.381. The highest BCUT2D eigenvalue weighted by Gasteiger charge is 2.21. The van der Waals surface area contributed by atoms with Crippen molar-refractivity contribution in [2.24, 2.45) is 0 Å². The van der Waals surface area contributed by atoms with Crippen LogP contribution >= 0.6 is 12.4 Å². The fourth-order valence-corrected chi connectivity index (χ4v) is 3.63. The highest BCUT2D eigenvalue weighted by molar-refractivity contribution is 5.85. The van der Waals surface area contributed by atoms with Gasteiger partial charge in [-0.25, -0.2) is 4.98 Å². The van der Waals surface area contributed by atoms with E-state index in [-0.39, 0.29) is 12.4 Å². The van der Waals surface area contributed by atoms with E-state index in [1.807, 2.05) is 25.3 Å². The molecule has 1 aliphatic heterocycles. The van der Waals surface area contributed by atoms with Gasteiger partial charge >= 0.3 is 0 Å². The second-order valence-electron chi connectivity index (χ2n) is 7.13. The number of nitrogens with zero attached hydrogens (tertiary/aromatic N) is 5. The molecule has 0 amide bonds. The Hall–Kier alpha value is -2.44. The maximum Gasteiger partial charge on any atom is 0.261 e. The molecule has 0 bridgehead atoms. The summed E-state index contributed by atoms with van der Waals surface area (Å²) in [7, 11) is 0. The van der Waals surface area contributed by atoms with Crippen molar-refractivity contribution < 1.29 is 4.52 Å². The van der Waals surface area contributed by atoms with Gasteiger partial charge in [-0.2, -0.15) is 4.98 Å². The van der Waals surface area contributed by atoms with Gasteiger partial charge in [0.1, 0.15) is 5.82 Å². The largest absolute Gasteiger partial charge is 0.355 e. The highest BCUT2D eigenvalue weighted by Crippen LogP contribution is 2.28. The number of pyridine rings is 1. The van der Waals surface area contributed by atoms with Gasteiger partial charge in [-0.15, -0.1) is 12.4 Å². The Morgan fingerprint density at radius 3 is 2.71 bits per heavy atom. The SMILES string of the molecule is Cc1cccc(CN2CCCN(c3ncccc3-c3nc(C)no3)CC2)c1.Cl. The van der Waals surface area contributed by atoms with Gasteiger partial charge in [0.25, 0.3) is 5.89 Å². The van der Waals surface area contributed by atoms with Gasteiger partial charge in [-0.05, 0) is 38.0 Å². The summed E-state index contributed by atoms with van der Waals surface area (Å²) in [6.45, 7) is 8.98. The van der Waals surface area contributed by atoms with Crippen LogP contribution in [0.4, 0.5) is 5.82 Å². The van der Waals surface area contributed by atoms with E-state index in [0.29, 0.717) is 11.7 Å². The number of aryl methyl sites for hydroxylation is 2. The van der Waals surface area contributed by atoms with E-state index in [9.17, 15) is 0 Å². The molecule has 6 nitrogen and oxygen atoms in total. The molecule has 0 radical (unpaired) electrons. The summed E-state index contributed by atoms with van der Waals surface area (Å²) in [6, 6.07) is 12.7. The van der Waals surface area contributed by atoms with Gasteiger partial charge in [-0.3, -0.25) is 4.90 Å². The lowest BCUT2D eigenvalue weighted by atomic mass is 10.1. The second kappa shape index (κ2) is 9.17. The van der Waals surface area contributed by atoms with Crippen molar-refractivity contribution in [3.05, 3.63) is 59.5 Å². The van der Waals surface area contributed by atoms with Crippen molar-refractivity contribution in [1.82, 2.24) is 20.0 Å². The van der Waals surface area contributed by atoms with Gasteiger partial charge in [-0.1, -0.05) is 35.0 Å². The Bertz CT molecular complexity index is 913. The third-order valence-electron chi connectivity index (χ3n) is 4.92. The zero-order valence-corrected chi connectivity index (χ0v) is 17.2. The van der Waals surface area contributed by atoms with Crippen LogP contribution in [0.2, 0.25) is 0 Å². The van der Waals surface area contributed by atoms with Crippen molar-refractivity contribution in [3.63, 3.8) is 0 Å². The van der Waals surface area contributed by atoms with E-state index in [4.69, 9.17) is 4.52 Å². The van der Waals surface area contributed by atoms with Crippen LogP contribution in [-0.4, -0.2) is 46.2 Å². The molecule has 1 aromatic carbocycles. The number of halogens is 1. The molecule has 148 valence electrons. The van der Waals surface area contributed by atoms with Crippen molar-refractivity contribution >= 4 is 18.2 Å². The fourth-order valence-electron chi connectivity index (χ4n) is 3.63. The molecule has 1 saturated heterocycles. The molecule has 28 heavy (non-hydrogen) atoms. The maximum absolute atomic E-state index is 5.39. The first-order chi connectivity index (χ1) is 13.2. The van der Waals surface area contributed by atoms with E-state index < -0.39 is 0 Å². The molecule has 1 aliphatic rings. The summed E-state index contributed by atoms with van der Waals surface area (Å²) in [5.74, 6) is 2.11. The van der Waals surface area contributed by atoms with E-state index in [1.165, 1.54) is 11.1 Å². The first-order valence-electron chi connectivity index (χ1n) is 9.47. The average Bonchev–Trinajstić information content (AvgIpc) is 2.97. The second-order valence-corrected chi connectivity index (χ2v) is 7.13. The topological polar surface area (TPSA) is 58.3 Å². The number of rotatable bonds is 4.